The number of benzene rings is 1. The number of aromatic nitrogens is 1. The molecule has 3 rings (SSSR count). The number of rotatable bonds is 5. The van der Waals surface area contributed by atoms with Crippen molar-refractivity contribution in [1.82, 2.24) is 4.57 Å². The lowest BCUT2D eigenvalue weighted by molar-refractivity contribution is 0.647. The van der Waals surface area contributed by atoms with Gasteiger partial charge in [0.15, 0.2) is 0 Å². The Morgan fingerprint density at radius 2 is 2.12 bits per heavy atom. The number of nitrogens with two attached hydrogens (primary N) is 1. The van der Waals surface area contributed by atoms with Gasteiger partial charge >= 0.3 is 0 Å². The molecule has 2 heteroatoms. The zero-order valence-electron chi connectivity index (χ0n) is 10.2. The lowest BCUT2D eigenvalue weighted by Gasteiger charge is -2.06. The van der Waals surface area contributed by atoms with Gasteiger partial charge in [0.1, 0.15) is 0 Å². The van der Waals surface area contributed by atoms with Crippen molar-refractivity contribution in [2.24, 2.45) is 11.7 Å². The molecule has 0 atom stereocenters. The number of nitrogens with zero attached hydrogens (tertiary/aromatic N) is 1. The Kier molecular flexibility index (Phi) is 2.89. The first kappa shape index (κ1) is 10.8. The van der Waals surface area contributed by atoms with Crippen molar-refractivity contribution >= 4 is 10.9 Å². The van der Waals surface area contributed by atoms with Crippen LogP contribution in [0.3, 0.4) is 0 Å². The molecule has 2 aromatic rings. The first-order valence-corrected chi connectivity index (χ1v) is 6.65. The highest BCUT2D eigenvalue weighted by Crippen LogP contribution is 2.32. The van der Waals surface area contributed by atoms with E-state index in [9.17, 15) is 0 Å². The standard InChI is InChI=1S/C15H20N2/c16-9-2-4-13-3-1-5-15-14(13)8-10-17(15)11-12-6-7-12/h1,3,5,8,10,12H,2,4,6-7,9,11,16H2. The normalized spacial score (nSPS) is 15.6. The Balaban J connectivity index is 1.92. The summed E-state index contributed by atoms with van der Waals surface area (Å²) in [6.07, 6.45) is 7.24. The molecule has 1 aliphatic rings. The van der Waals surface area contributed by atoms with Crippen molar-refractivity contribution in [3.05, 3.63) is 36.0 Å². The van der Waals surface area contributed by atoms with Gasteiger partial charge in [-0.1, -0.05) is 12.1 Å². The molecule has 0 unspecified atom stereocenters. The van der Waals surface area contributed by atoms with Crippen LogP contribution >= 0.6 is 0 Å². The van der Waals surface area contributed by atoms with E-state index < -0.39 is 0 Å². The van der Waals surface area contributed by atoms with Crippen molar-refractivity contribution in [2.75, 3.05) is 6.54 Å². The van der Waals surface area contributed by atoms with Crippen LogP contribution in [-0.4, -0.2) is 11.1 Å². The van der Waals surface area contributed by atoms with Crippen LogP contribution in [0.1, 0.15) is 24.8 Å². The summed E-state index contributed by atoms with van der Waals surface area (Å²) in [7, 11) is 0. The molecule has 2 N–H and O–H groups in total. The van der Waals surface area contributed by atoms with E-state index in [-0.39, 0.29) is 0 Å². The molecule has 0 bridgehead atoms. The zero-order chi connectivity index (χ0) is 11.7. The summed E-state index contributed by atoms with van der Waals surface area (Å²) in [4.78, 5) is 0. The summed E-state index contributed by atoms with van der Waals surface area (Å²) < 4.78 is 2.42. The van der Waals surface area contributed by atoms with Crippen molar-refractivity contribution in [1.29, 1.82) is 0 Å². The Hall–Kier alpha value is -1.28. The highest BCUT2D eigenvalue weighted by molar-refractivity contribution is 5.83. The smallest absolute Gasteiger partial charge is 0.0483 e. The van der Waals surface area contributed by atoms with Gasteiger partial charge in [0, 0.05) is 23.6 Å². The molecule has 1 fully saturated rings. The quantitative estimate of drug-likeness (QED) is 0.838. The second-order valence-corrected chi connectivity index (χ2v) is 5.15. The average Bonchev–Trinajstić information content (AvgIpc) is 3.07. The van der Waals surface area contributed by atoms with Gasteiger partial charge in [0.25, 0.3) is 0 Å². The fourth-order valence-corrected chi connectivity index (χ4v) is 2.54. The van der Waals surface area contributed by atoms with E-state index in [2.05, 4.69) is 35.0 Å². The molecule has 1 aromatic heterocycles. The number of fused-ring (bicyclic) bond motifs is 1. The molecule has 1 saturated carbocycles. The maximum atomic E-state index is 5.59. The van der Waals surface area contributed by atoms with Gasteiger partial charge in [0.05, 0.1) is 0 Å². The van der Waals surface area contributed by atoms with Gasteiger partial charge in [-0.25, -0.2) is 0 Å². The fraction of sp³-hybridized carbons (Fsp3) is 0.467. The van der Waals surface area contributed by atoms with E-state index in [0.29, 0.717) is 0 Å². The fourth-order valence-electron chi connectivity index (χ4n) is 2.54. The first-order valence-electron chi connectivity index (χ1n) is 6.65. The predicted octanol–water partition coefficient (Wildman–Crippen LogP) is 2.94. The minimum Gasteiger partial charge on any atom is -0.347 e. The van der Waals surface area contributed by atoms with Crippen LogP contribution in [0.15, 0.2) is 30.5 Å². The summed E-state index contributed by atoms with van der Waals surface area (Å²) in [5.74, 6) is 0.929. The van der Waals surface area contributed by atoms with Crippen molar-refractivity contribution in [3.8, 4) is 0 Å². The first-order chi connectivity index (χ1) is 8.38. The second-order valence-electron chi connectivity index (χ2n) is 5.15. The monoisotopic (exact) mass is 228 g/mol. The van der Waals surface area contributed by atoms with Gasteiger partial charge in [0.2, 0.25) is 0 Å². The Bertz CT molecular complexity index is 509. The average molecular weight is 228 g/mol. The van der Waals surface area contributed by atoms with E-state index in [4.69, 9.17) is 5.73 Å². The SMILES string of the molecule is NCCCc1cccc2c1ccn2CC1CC1. The highest BCUT2D eigenvalue weighted by Gasteiger charge is 2.22. The van der Waals surface area contributed by atoms with Gasteiger partial charge in [-0.05, 0) is 55.8 Å². The molecule has 1 aromatic carbocycles. The second kappa shape index (κ2) is 4.53. The molecule has 17 heavy (non-hydrogen) atoms. The lowest BCUT2D eigenvalue weighted by Crippen LogP contribution is -2.01. The Labute approximate surface area is 102 Å². The van der Waals surface area contributed by atoms with Gasteiger partial charge in [-0.15, -0.1) is 0 Å². The highest BCUT2D eigenvalue weighted by atomic mass is 15.0. The molecule has 1 aliphatic carbocycles. The van der Waals surface area contributed by atoms with Crippen molar-refractivity contribution < 1.29 is 0 Å². The third kappa shape index (κ3) is 2.22. The van der Waals surface area contributed by atoms with Crippen molar-refractivity contribution in [2.45, 2.75) is 32.2 Å². The van der Waals surface area contributed by atoms with E-state index in [1.165, 1.54) is 35.9 Å². The number of hydrogen-bond acceptors (Lipinski definition) is 1. The van der Waals surface area contributed by atoms with E-state index in [0.717, 1.165) is 25.3 Å². The minimum absolute atomic E-state index is 0.777. The molecule has 0 spiro atoms. The van der Waals surface area contributed by atoms with Gasteiger partial charge in [-0.3, -0.25) is 0 Å². The van der Waals surface area contributed by atoms with Crippen LogP contribution in [0.5, 0.6) is 0 Å². The van der Waals surface area contributed by atoms with Crippen LogP contribution in [0.4, 0.5) is 0 Å². The molecule has 0 aliphatic heterocycles. The van der Waals surface area contributed by atoms with E-state index in [1.807, 2.05) is 0 Å². The lowest BCUT2D eigenvalue weighted by atomic mass is 10.1. The van der Waals surface area contributed by atoms with Crippen LogP contribution in [-0.2, 0) is 13.0 Å². The summed E-state index contributed by atoms with van der Waals surface area (Å²) in [6, 6.07) is 8.92. The molecule has 0 radical (unpaired) electrons. The van der Waals surface area contributed by atoms with Gasteiger partial charge in [-0.2, -0.15) is 0 Å². The Morgan fingerprint density at radius 3 is 2.88 bits per heavy atom. The van der Waals surface area contributed by atoms with Crippen molar-refractivity contribution in [3.63, 3.8) is 0 Å². The number of hydrogen-bond donors (Lipinski definition) is 1. The largest absolute Gasteiger partial charge is 0.347 e. The van der Waals surface area contributed by atoms with Crippen LogP contribution < -0.4 is 5.73 Å². The van der Waals surface area contributed by atoms with Gasteiger partial charge < -0.3 is 10.3 Å². The molecule has 0 saturated heterocycles. The maximum Gasteiger partial charge on any atom is 0.0483 e. The molecule has 1 heterocycles. The topological polar surface area (TPSA) is 30.9 Å². The number of aryl methyl sites for hydroxylation is 1. The third-order valence-electron chi connectivity index (χ3n) is 3.71. The molecule has 0 amide bonds. The summed E-state index contributed by atoms with van der Waals surface area (Å²) >= 11 is 0. The third-order valence-corrected chi connectivity index (χ3v) is 3.71. The van der Waals surface area contributed by atoms with Crippen LogP contribution in [0, 0.1) is 5.92 Å². The molecule has 2 nitrogen and oxygen atoms in total. The van der Waals surface area contributed by atoms with Crippen LogP contribution in [0.25, 0.3) is 10.9 Å². The predicted molar refractivity (Wildman–Crippen MR) is 72.0 cm³/mol. The molecule has 90 valence electrons. The minimum atomic E-state index is 0.777. The maximum absolute atomic E-state index is 5.59. The molecular weight excluding hydrogens is 208 g/mol. The van der Waals surface area contributed by atoms with E-state index in [1.54, 1.807) is 0 Å². The molecular formula is C15H20N2. The van der Waals surface area contributed by atoms with E-state index >= 15 is 0 Å². The zero-order valence-corrected chi connectivity index (χ0v) is 10.2. The Morgan fingerprint density at radius 1 is 1.24 bits per heavy atom. The summed E-state index contributed by atoms with van der Waals surface area (Å²) in [5.41, 5.74) is 8.44. The van der Waals surface area contributed by atoms with Crippen LogP contribution in [0.2, 0.25) is 0 Å². The summed E-state index contributed by atoms with van der Waals surface area (Å²) in [6.45, 7) is 1.98. The summed E-state index contributed by atoms with van der Waals surface area (Å²) in [5, 5.41) is 1.42.